The summed E-state index contributed by atoms with van der Waals surface area (Å²) in [4.78, 5) is 14.4. The number of halogens is 1. The molecule has 0 spiro atoms. The van der Waals surface area contributed by atoms with Crippen LogP contribution in [0, 0.1) is 0 Å². The molecule has 22 heavy (non-hydrogen) atoms. The summed E-state index contributed by atoms with van der Waals surface area (Å²) < 4.78 is 5.57. The number of carbonyl (C=O) groups is 1. The van der Waals surface area contributed by atoms with Crippen LogP contribution in [0.1, 0.15) is 39.0 Å². The van der Waals surface area contributed by atoms with Crippen LogP contribution in [0.4, 0.5) is 10.5 Å². The lowest BCUT2D eigenvalue weighted by atomic mass is 10.00. The van der Waals surface area contributed by atoms with Gasteiger partial charge in [-0.25, -0.2) is 4.79 Å². The van der Waals surface area contributed by atoms with Crippen LogP contribution in [0.2, 0.25) is 5.02 Å². The summed E-state index contributed by atoms with van der Waals surface area (Å²) in [7, 11) is 0. The Balaban J connectivity index is 1.88. The molecule has 0 radical (unpaired) electrons. The Morgan fingerprint density at radius 3 is 2.82 bits per heavy atom. The molecule has 1 saturated heterocycles. The zero-order valence-corrected chi connectivity index (χ0v) is 13.9. The van der Waals surface area contributed by atoms with Crippen molar-refractivity contribution in [1.82, 2.24) is 4.90 Å². The van der Waals surface area contributed by atoms with E-state index in [0.29, 0.717) is 5.02 Å². The first-order valence-electron chi connectivity index (χ1n) is 8.11. The van der Waals surface area contributed by atoms with Gasteiger partial charge >= 0.3 is 6.03 Å². The Labute approximate surface area is 137 Å². The number of anilines is 1. The van der Waals surface area contributed by atoms with Gasteiger partial charge < -0.3 is 15.0 Å². The number of amides is 2. The van der Waals surface area contributed by atoms with E-state index in [0.717, 1.165) is 51.1 Å². The third-order valence-corrected chi connectivity index (χ3v) is 4.18. The molecule has 1 heterocycles. The monoisotopic (exact) mass is 324 g/mol. The lowest BCUT2D eigenvalue weighted by Gasteiger charge is -2.35. The van der Waals surface area contributed by atoms with E-state index < -0.39 is 0 Å². The number of carbonyl (C=O) groups excluding carboxylic acids is 1. The molecule has 1 aliphatic heterocycles. The van der Waals surface area contributed by atoms with Crippen molar-refractivity contribution in [1.29, 1.82) is 0 Å². The van der Waals surface area contributed by atoms with Gasteiger partial charge in [-0.15, -0.1) is 0 Å². The van der Waals surface area contributed by atoms with E-state index in [2.05, 4.69) is 12.2 Å². The molecular formula is C17H25ClN2O2. The van der Waals surface area contributed by atoms with Gasteiger partial charge in [-0.2, -0.15) is 0 Å². The molecule has 0 aromatic heterocycles. The minimum Gasteiger partial charge on any atom is -0.381 e. The van der Waals surface area contributed by atoms with Crippen molar-refractivity contribution in [2.45, 2.75) is 45.1 Å². The highest BCUT2D eigenvalue weighted by molar-refractivity contribution is 6.30. The molecule has 1 atom stereocenters. The predicted octanol–water partition coefficient (Wildman–Crippen LogP) is 4.54. The first kappa shape index (κ1) is 17.1. The van der Waals surface area contributed by atoms with Crippen molar-refractivity contribution >= 4 is 23.3 Å². The second-order valence-electron chi connectivity index (χ2n) is 5.68. The van der Waals surface area contributed by atoms with E-state index in [4.69, 9.17) is 16.3 Å². The smallest absolute Gasteiger partial charge is 0.322 e. The Bertz CT molecular complexity index is 464. The second-order valence-corrected chi connectivity index (χ2v) is 6.12. The Morgan fingerprint density at radius 1 is 1.32 bits per heavy atom. The van der Waals surface area contributed by atoms with Crippen molar-refractivity contribution in [3.8, 4) is 0 Å². The van der Waals surface area contributed by atoms with Crippen molar-refractivity contribution in [3.63, 3.8) is 0 Å². The molecule has 1 aromatic rings. The fourth-order valence-corrected chi connectivity index (χ4v) is 2.89. The summed E-state index contributed by atoms with van der Waals surface area (Å²) in [6, 6.07) is 7.46. The number of piperidine rings is 1. The number of rotatable bonds is 6. The number of hydrogen-bond acceptors (Lipinski definition) is 2. The van der Waals surface area contributed by atoms with Gasteiger partial charge in [-0.05, 0) is 56.4 Å². The van der Waals surface area contributed by atoms with Crippen molar-refractivity contribution in [2.24, 2.45) is 0 Å². The minimum absolute atomic E-state index is 0.0255. The first-order valence-corrected chi connectivity index (χ1v) is 8.49. The van der Waals surface area contributed by atoms with Crippen molar-refractivity contribution in [3.05, 3.63) is 29.3 Å². The number of nitrogens with zero attached hydrogens (tertiary/aromatic N) is 1. The summed E-state index contributed by atoms with van der Waals surface area (Å²) in [5.74, 6) is 0. The highest BCUT2D eigenvalue weighted by atomic mass is 35.5. The Kier molecular flexibility index (Phi) is 7.00. The zero-order chi connectivity index (χ0) is 15.8. The number of hydrogen-bond donors (Lipinski definition) is 1. The third-order valence-electron chi connectivity index (χ3n) is 3.93. The van der Waals surface area contributed by atoms with Gasteiger partial charge in [-0.3, -0.25) is 0 Å². The van der Waals surface area contributed by atoms with Crippen LogP contribution in [-0.4, -0.2) is 36.7 Å². The Hall–Kier alpha value is -1.26. The molecular weight excluding hydrogens is 300 g/mol. The van der Waals surface area contributed by atoms with E-state index in [1.54, 1.807) is 12.1 Å². The maximum absolute atomic E-state index is 12.5. The molecule has 122 valence electrons. The second kappa shape index (κ2) is 9.01. The molecule has 0 saturated carbocycles. The van der Waals surface area contributed by atoms with E-state index in [-0.39, 0.29) is 12.1 Å². The number of likely N-dealkylation sites (tertiary alicyclic amines) is 1. The molecule has 4 nitrogen and oxygen atoms in total. The largest absolute Gasteiger partial charge is 0.381 e. The Morgan fingerprint density at radius 2 is 2.09 bits per heavy atom. The number of nitrogens with one attached hydrogen (secondary N) is 1. The van der Waals surface area contributed by atoms with Gasteiger partial charge in [0.2, 0.25) is 0 Å². The standard InChI is InChI=1S/C17H25ClN2O2/c1-2-12-22-13-10-16-5-3-4-11-20(16)17(21)19-15-8-6-14(18)7-9-15/h6-9,16H,2-5,10-13H2,1H3,(H,19,21). The molecule has 1 fully saturated rings. The van der Waals surface area contributed by atoms with E-state index in [1.165, 1.54) is 6.42 Å². The summed E-state index contributed by atoms with van der Waals surface area (Å²) in [5, 5.41) is 3.63. The molecule has 5 heteroatoms. The number of urea groups is 1. The van der Waals surface area contributed by atoms with Gasteiger partial charge in [0.25, 0.3) is 0 Å². The lowest BCUT2D eigenvalue weighted by Crippen LogP contribution is -2.46. The molecule has 1 N–H and O–H groups in total. The normalized spacial score (nSPS) is 18.3. The minimum atomic E-state index is -0.0255. The maximum atomic E-state index is 12.5. The number of benzene rings is 1. The summed E-state index contributed by atoms with van der Waals surface area (Å²) in [6.07, 6.45) is 5.26. The molecule has 1 aromatic carbocycles. The van der Waals surface area contributed by atoms with Crippen LogP contribution in [-0.2, 0) is 4.74 Å². The lowest BCUT2D eigenvalue weighted by molar-refractivity contribution is 0.0952. The van der Waals surface area contributed by atoms with Crippen LogP contribution in [0.3, 0.4) is 0 Å². The summed E-state index contributed by atoms with van der Waals surface area (Å²) in [5.41, 5.74) is 0.779. The van der Waals surface area contributed by atoms with Crippen LogP contribution in [0.5, 0.6) is 0 Å². The van der Waals surface area contributed by atoms with E-state index in [1.807, 2.05) is 17.0 Å². The fourth-order valence-electron chi connectivity index (χ4n) is 2.76. The quantitative estimate of drug-likeness (QED) is 0.780. The van der Waals surface area contributed by atoms with Crippen LogP contribution in [0.15, 0.2) is 24.3 Å². The third kappa shape index (κ3) is 5.18. The first-order chi connectivity index (χ1) is 10.7. The average molecular weight is 325 g/mol. The molecule has 0 bridgehead atoms. The molecule has 1 unspecified atom stereocenters. The van der Waals surface area contributed by atoms with Crippen LogP contribution < -0.4 is 5.32 Å². The number of ether oxygens (including phenoxy) is 1. The summed E-state index contributed by atoms with van der Waals surface area (Å²) >= 11 is 5.87. The van der Waals surface area contributed by atoms with Crippen LogP contribution in [0.25, 0.3) is 0 Å². The highest BCUT2D eigenvalue weighted by Gasteiger charge is 2.26. The van der Waals surface area contributed by atoms with Crippen molar-refractivity contribution < 1.29 is 9.53 Å². The van der Waals surface area contributed by atoms with Crippen molar-refractivity contribution in [2.75, 3.05) is 25.1 Å². The zero-order valence-electron chi connectivity index (χ0n) is 13.2. The predicted molar refractivity (Wildman–Crippen MR) is 90.5 cm³/mol. The molecule has 0 aliphatic carbocycles. The SMILES string of the molecule is CCCOCCC1CCCCN1C(=O)Nc1ccc(Cl)cc1. The van der Waals surface area contributed by atoms with Gasteiger partial charge in [0, 0.05) is 36.5 Å². The topological polar surface area (TPSA) is 41.6 Å². The van der Waals surface area contributed by atoms with Crippen LogP contribution >= 0.6 is 11.6 Å². The maximum Gasteiger partial charge on any atom is 0.322 e. The average Bonchev–Trinajstić information content (AvgIpc) is 2.54. The fraction of sp³-hybridized carbons (Fsp3) is 0.588. The molecule has 2 rings (SSSR count). The van der Waals surface area contributed by atoms with Gasteiger partial charge in [0.1, 0.15) is 0 Å². The van der Waals surface area contributed by atoms with Gasteiger partial charge in [0.15, 0.2) is 0 Å². The molecule has 1 aliphatic rings. The summed E-state index contributed by atoms with van der Waals surface area (Å²) in [6.45, 7) is 4.44. The van der Waals surface area contributed by atoms with Gasteiger partial charge in [-0.1, -0.05) is 18.5 Å². The molecule has 2 amide bonds. The van der Waals surface area contributed by atoms with E-state index >= 15 is 0 Å². The van der Waals surface area contributed by atoms with E-state index in [9.17, 15) is 4.79 Å². The highest BCUT2D eigenvalue weighted by Crippen LogP contribution is 2.21. The van der Waals surface area contributed by atoms with Gasteiger partial charge in [0.05, 0.1) is 0 Å².